The molecule has 6 heteroatoms. The minimum atomic E-state index is -0.521. The molecule has 0 fully saturated rings. The number of carbonyl (C=O) groups is 3. The van der Waals surface area contributed by atoms with Crippen LogP contribution in [0.3, 0.4) is 0 Å². The van der Waals surface area contributed by atoms with Crippen molar-refractivity contribution in [2.45, 2.75) is 126 Å². The van der Waals surface area contributed by atoms with Crippen LogP contribution in [0.1, 0.15) is 120 Å². The normalized spacial score (nSPS) is 14.4. The van der Waals surface area contributed by atoms with Gasteiger partial charge in [0.2, 0.25) is 17.7 Å². The highest BCUT2D eigenvalue weighted by Crippen LogP contribution is 2.19. The van der Waals surface area contributed by atoms with Crippen molar-refractivity contribution < 1.29 is 14.4 Å². The summed E-state index contributed by atoms with van der Waals surface area (Å²) >= 11 is 0. The van der Waals surface area contributed by atoms with Gasteiger partial charge in [-0.3, -0.25) is 14.4 Å². The first-order chi connectivity index (χ1) is 15.9. The van der Waals surface area contributed by atoms with Crippen molar-refractivity contribution in [1.29, 1.82) is 0 Å². The molecule has 0 heterocycles. The lowest BCUT2D eigenvalue weighted by Gasteiger charge is -2.22. The molecule has 6 nitrogen and oxygen atoms in total. The zero-order valence-electron chi connectivity index (χ0n) is 23.5. The van der Waals surface area contributed by atoms with E-state index in [2.05, 4.69) is 36.7 Å². The van der Waals surface area contributed by atoms with Crippen LogP contribution < -0.4 is 16.0 Å². The lowest BCUT2D eigenvalue weighted by molar-refractivity contribution is -0.130. The summed E-state index contributed by atoms with van der Waals surface area (Å²) in [5.74, 6) is 1.42. The summed E-state index contributed by atoms with van der Waals surface area (Å²) in [6, 6.07) is -0.521. The quantitative estimate of drug-likeness (QED) is 0.223. The molecule has 3 N–H and O–H groups in total. The first-order valence-electron chi connectivity index (χ1n) is 13.7. The van der Waals surface area contributed by atoms with Gasteiger partial charge in [-0.05, 0) is 49.4 Å². The first kappa shape index (κ1) is 32.4. The van der Waals surface area contributed by atoms with Gasteiger partial charge >= 0.3 is 0 Å². The van der Waals surface area contributed by atoms with Crippen LogP contribution in [0.4, 0.5) is 0 Å². The van der Waals surface area contributed by atoms with Crippen molar-refractivity contribution >= 4 is 17.7 Å². The van der Waals surface area contributed by atoms with Crippen molar-refractivity contribution in [2.24, 2.45) is 23.2 Å². The maximum Gasteiger partial charge on any atom is 0.242 e. The van der Waals surface area contributed by atoms with E-state index in [9.17, 15) is 14.4 Å². The van der Waals surface area contributed by atoms with E-state index < -0.39 is 6.04 Å². The summed E-state index contributed by atoms with van der Waals surface area (Å²) in [4.78, 5) is 37.2. The maximum atomic E-state index is 12.8. The highest BCUT2D eigenvalue weighted by atomic mass is 16.2. The molecule has 1 unspecified atom stereocenters. The zero-order chi connectivity index (χ0) is 26.1. The van der Waals surface area contributed by atoms with Crippen LogP contribution in [0.15, 0.2) is 0 Å². The van der Waals surface area contributed by atoms with E-state index in [1.807, 2.05) is 34.6 Å². The summed E-state index contributed by atoms with van der Waals surface area (Å²) in [5.41, 5.74) is -0.127. The minimum absolute atomic E-state index is 0.0221. The number of rotatable bonds is 18. The van der Waals surface area contributed by atoms with Gasteiger partial charge in [0, 0.05) is 25.4 Å². The van der Waals surface area contributed by atoms with Gasteiger partial charge < -0.3 is 16.0 Å². The van der Waals surface area contributed by atoms with Crippen molar-refractivity contribution in [1.82, 2.24) is 16.0 Å². The van der Waals surface area contributed by atoms with E-state index >= 15 is 0 Å². The smallest absolute Gasteiger partial charge is 0.242 e. The molecule has 0 spiro atoms. The maximum absolute atomic E-state index is 12.8. The lowest BCUT2D eigenvalue weighted by Crippen LogP contribution is -2.47. The highest BCUT2D eigenvalue weighted by molar-refractivity contribution is 5.87. The standard InChI is InChI=1S/C28H55N3O3/c1-9-22(4)26(33)29-19-15-13-17-24(31-25(32)20-28(6,7)8)27(34)30-18-14-11-10-12-16-23(5)21(2)3/h21-24H,9-20H2,1-8H3,(H,29,33)(H,30,34)(H,31,32)/t22?,23-,24-/m0/s1. The highest BCUT2D eigenvalue weighted by Gasteiger charge is 2.23. The summed E-state index contributed by atoms with van der Waals surface area (Å²) in [7, 11) is 0. The predicted octanol–water partition coefficient (Wildman–Crippen LogP) is 5.60. The van der Waals surface area contributed by atoms with Crippen molar-refractivity contribution in [3.63, 3.8) is 0 Å². The second kappa shape index (κ2) is 17.8. The van der Waals surface area contributed by atoms with Gasteiger partial charge in [-0.2, -0.15) is 0 Å². The van der Waals surface area contributed by atoms with E-state index in [1.54, 1.807) is 0 Å². The third-order valence-corrected chi connectivity index (χ3v) is 6.64. The van der Waals surface area contributed by atoms with Crippen LogP contribution in [-0.4, -0.2) is 36.9 Å². The molecule has 0 bridgehead atoms. The van der Waals surface area contributed by atoms with Crippen LogP contribution >= 0.6 is 0 Å². The fourth-order valence-electron chi connectivity index (χ4n) is 3.65. The monoisotopic (exact) mass is 481 g/mol. The van der Waals surface area contributed by atoms with Gasteiger partial charge in [-0.15, -0.1) is 0 Å². The summed E-state index contributed by atoms with van der Waals surface area (Å²) in [6.07, 6.45) is 9.12. The fraction of sp³-hybridized carbons (Fsp3) is 0.893. The molecule has 0 saturated carbocycles. The average molecular weight is 482 g/mol. The van der Waals surface area contributed by atoms with Gasteiger partial charge in [0.15, 0.2) is 0 Å². The Morgan fingerprint density at radius 2 is 1.26 bits per heavy atom. The van der Waals surface area contributed by atoms with E-state index in [0.29, 0.717) is 25.9 Å². The number of unbranched alkanes of at least 4 members (excludes halogenated alkanes) is 4. The predicted molar refractivity (Wildman–Crippen MR) is 142 cm³/mol. The Morgan fingerprint density at radius 3 is 1.82 bits per heavy atom. The van der Waals surface area contributed by atoms with Crippen molar-refractivity contribution in [3.05, 3.63) is 0 Å². The lowest BCUT2D eigenvalue weighted by atomic mass is 9.91. The number of hydrogen-bond acceptors (Lipinski definition) is 3. The molecule has 200 valence electrons. The minimum Gasteiger partial charge on any atom is -0.356 e. The van der Waals surface area contributed by atoms with Crippen molar-refractivity contribution in [3.8, 4) is 0 Å². The number of amides is 3. The summed E-state index contributed by atoms with van der Waals surface area (Å²) in [6.45, 7) is 18.1. The van der Waals surface area contributed by atoms with E-state index in [1.165, 1.54) is 19.3 Å². The largest absolute Gasteiger partial charge is 0.356 e. The molecule has 0 aliphatic heterocycles. The molecule has 0 aliphatic carbocycles. The fourth-order valence-corrected chi connectivity index (χ4v) is 3.65. The molecular weight excluding hydrogens is 426 g/mol. The SMILES string of the molecule is CCC(C)C(=O)NCCCC[C@H](NC(=O)CC(C)(C)C)C(=O)NCCCCCC[C@H](C)C(C)C. The van der Waals surface area contributed by atoms with Gasteiger partial charge in [-0.25, -0.2) is 0 Å². The zero-order valence-corrected chi connectivity index (χ0v) is 23.5. The van der Waals surface area contributed by atoms with Crippen LogP contribution in [0.5, 0.6) is 0 Å². The molecule has 0 aromatic carbocycles. The molecule has 0 rings (SSSR count). The molecular formula is C28H55N3O3. The third-order valence-electron chi connectivity index (χ3n) is 6.64. The van der Waals surface area contributed by atoms with Gasteiger partial charge in [0.25, 0.3) is 0 Å². The van der Waals surface area contributed by atoms with E-state index in [0.717, 1.165) is 43.9 Å². The topological polar surface area (TPSA) is 87.3 Å². The average Bonchev–Trinajstić information content (AvgIpc) is 2.74. The van der Waals surface area contributed by atoms with Gasteiger partial charge in [-0.1, -0.05) is 81.1 Å². The van der Waals surface area contributed by atoms with Gasteiger partial charge in [0.1, 0.15) is 6.04 Å². The van der Waals surface area contributed by atoms with Crippen LogP contribution in [0.25, 0.3) is 0 Å². The number of carbonyl (C=O) groups excluding carboxylic acids is 3. The molecule has 0 aromatic heterocycles. The van der Waals surface area contributed by atoms with Crippen LogP contribution in [0, 0.1) is 23.2 Å². The Kier molecular flexibility index (Phi) is 17.0. The molecule has 34 heavy (non-hydrogen) atoms. The van der Waals surface area contributed by atoms with Gasteiger partial charge in [0.05, 0.1) is 0 Å². The second-order valence-electron chi connectivity index (χ2n) is 11.7. The molecule has 0 aliphatic rings. The van der Waals surface area contributed by atoms with Crippen LogP contribution in [-0.2, 0) is 14.4 Å². The number of hydrogen-bond donors (Lipinski definition) is 3. The summed E-state index contributed by atoms with van der Waals surface area (Å²) in [5, 5.41) is 8.93. The Hall–Kier alpha value is -1.59. The molecule has 3 amide bonds. The number of nitrogens with one attached hydrogen (secondary N) is 3. The van der Waals surface area contributed by atoms with Crippen molar-refractivity contribution in [2.75, 3.05) is 13.1 Å². The molecule has 0 radical (unpaired) electrons. The molecule has 3 atom stereocenters. The van der Waals surface area contributed by atoms with E-state index in [4.69, 9.17) is 0 Å². The second-order valence-corrected chi connectivity index (χ2v) is 11.7. The summed E-state index contributed by atoms with van der Waals surface area (Å²) < 4.78 is 0. The van der Waals surface area contributed by atoms with Crippen LogP contribution in [0.2, 0.25) is 0 Å². The Morgan fingerprint density at radius 1 is 0.735 bits per heavy atom. The Labute approximate surface area is 210 Å². The Balaban J connectivity index is 4.44. The third kappa shape index (κ3) is 16.9. The first-order valence-corrected chi connectivity index (χ1v) is 13.7. The molecule has 0 saturated heterocycles. The molecule has 0 aromatic rings. The van der Waals surface area contributed by atoms with E-state index in [-0.39, 0.29) is 29.1 Å². The Bertz CT molecular complexity index is 584.